The molecule has 1 amide bonds. The lowest BCUT2D eigenvalue weighted by Gasteiger charge is -2.25. The van der Waals surface area contributed by atoms with Crippen molar-refractivity contribution >= 4 is 6.09 Å². The van der Waals surface area contributed by atoms with E-state index in [2.05, 4.69) is 4.98 Å². The van der Waals surface area contributed by atoms with Gasteiger partial charge in [0.25, 0.3) is 0 Å². The average Bonchev–Trinajstić information content (AvgIpc) is 3.03. The number of nitrogens with zero attached hydrogens (tertiary/aromatic N) is 3. The fraction of sp³-hybridized carbons (Fsp3) is 0.429. The van der Waals surface area contributed by atoms with Crippen LogP contribution >= 0.6 is 0 Å². The smallest absolute Gasteiger partial charge is 0.407 e. The molecule has 0 spiro atoms. The Morgan fingerprint density at radius 2 is 2.19 bits per heavy atom. The Morgan fingerprint density at radius 1 is 1.43 bits per heavy atom. The summed E-state index contributed by atoms with van der Waals surface area (Å²) in [5.74, 6) is 1.24. The van der Waals surface area contributed by atoms with E-state index >= 15 is 0 Å². The van der Waals surface area contributed by atoms with Crippen LogP contribution in [0, 0.1) is 0 Å². The van der Waals surface area contributed by atoms with Gasteiger partial charge in [0.15, 0.2) is 5.76 Å². The predicted octanol–water partition coefficient (Wildman–Crippen LogP) is 1.86. The number of hydrogen-bond donors (Lipinski definition) is 2. The zero-order valence-electron chi connectivity index (χ0n) is 11.9. The Kier molecular flexibility index (Phi) is 3.02. The van der Waals surface area contributed by atoms with Gasteiger partial charge in [0.05, 0.1) is 12.8 Å². The van der Waals surface area contributed by atoms with Crippen LogP contribution in [0.1, 0.15) is 25.4 Å². The van der Waals surface area contributed by atoms with Gasteiger partial charge < -0.3 is 19.2 Å². The number of aliphatic hydroxyl groups is 1. The first kappa shape index (κ1) is 13.7. The molecule has 0 saturated heterocycles. The van der Waals surface area contributed by atoms with Crippen LogP contribution < -0.4 is 0 Å². The summed E-state index contributed by atoms with van der Waals surface area (Å²) in [5, 5.41) is 19.5. The molecule has 0 fully saturated rings. The third-order valence-electron chi connectivity index (χ3n) is 3.58. The third kappa shape index (κ3) is 2.29. The van der Waals surface area contributed by atoms with Crippen LogP contribution in [0.2, 0.25) is 0 Å². The largest absolute Gasteiger partial charge is 0.465 e. The molecule has 3 heterocycles. The topological polar surface area (TPSA) is 91.7 Å². The molecule has 0 atom stereocenters. The second-order valence-corrected chi connectivity index (χ2v) is 5.62. The molecular formula is C14H17N3O4. The maximum atomic E-state index is 11.1. The number of rotatable bonds is 2. The first-order valence-electron chi connectivity index (χ1n) is 6.72. The Labute approximate surface area is 121 Å². The lowest BCUT2D eigenvalue weighted by molar-refractivity contribution is 0.0746. The van der Waals surface area contributed by atoms with Crippen LogP contribution in [0.25, 0.3) is 11.5 Å². The first-order chi connectivity index (χ1) is 9.88. The molecule has 0 unspecified atom stereocenters. The Hall–Kier alpha value is -2.28. The van der Waals surface area contributed by atoms with Gasteiger partial charge in [0.1, 0.15) is 22.8 Å². The molecule has 2 aromatic rings. The summed E-state index contributed by atoms with van der Waals surface area (Å²) >= 11 is 0. The van der Waals surface area contributed by atoms with Crippen molar-refractivity contribution in [3.63, 3.8) is 0 Å². The number of carboxylic acid groups (broad SMARTS) is 1. The highest BCUT2D eigenvalue weighted by Crippen LogP contribution is 2.34. The standard InChI is InChI=1S/C14H17N3O4/c1-14(2,20)12-11(9-4-3-7-21-9)17-6-5-16(13(18)19)8-10(17)15-12/h3-4,7,20H,5-6,8H2,1-2H3,(H,18,19). The molecule has 7 heteroatoms. The van der Waals surface area contributed by atoms with Crippen LogP contribution in [0.5, 0.6) is 0 Å². The van der Waals surface area contributed by atoms with Crippen molar-refractivity contribution in [3.05, 3.63) is 29.9 Å². The number of imidazole rings is 1. The summed E-state index contributed by atoms with van der Waals surface area (Å²) < 4.78 is 7.37. The summed E-state index contributed by atoms with van der Waals surface area (Å²) in [7, 11) is 0. The summed E-state index contributed by atoms with van der Waals surface area (Å²) in [6.45, 7) is 4.39. The Morgan fingerprint density at radius 3 is 2.76 bits per heavy atom. The molecule has 0 aliphatic carbocycles. The van der Waals surface area contributed by atoms with Crippen LogP contribution in [0.15, 0.2) is 22.8 Å². The van der Waals surface area contributed by atoms with E-state index in [1.54, 1.807) is 26.2 Å². The lowest BCUT2D eigenvalue weighted by atomic mass is 10.0. The SMILES string of the molecule is CC(C)(O)c1nc2n(c1-c1ccco1)CCN(C(=O)O)C2. The van der Waals surface area contributed by atoms with Crippen LogP contribution in [-0.4, -0.2) is 37.3 Å². The number of aromatic nitrogens is 2. The van der Waals surface area contributed by atoms with E-state index in [9.17, 15) is 9.90 Å². The molecule has 0 bridgehead atoms. The molecule has 112 valence electrons. The minimum atomic E-state index is -1.14. The van der Waals surface area contributed by atoms with Crippen LogP contribution in [0.3, 0.4) is 0 Å². The van der Waals surface area contributed by atoms with E-state index < -0.39 is 11.7 Å². The van der Waals surface area contributed by atoms with Gasteiger partial charge in [-0.15, -0.1) is 0 Å². The van der Waals surface area contributed by atoms with Crippen molar-refractivity contribution in [2.45, 2.75) is 32.5 Å². The van der Waals surface area contributed by atoms with Gasteiger partial charge in [0.2, 0.25) is 0 Å². The summed E-state index contributed by atoms with van der Waals surface area (Å²) in [4.78, 5) is 16.9. The molecule has 2 aromatic heterocycles. The third-order valence-corrected chi connectivity index (χ3v) is 3.58. The zero-order chi connectivity index (χ0) is 15.2. The highest BCUT2D eigenvalue weighted by Gasteiger charge is 2.33. The first-order valence-corrected chi connectivity index (χ1v) is 6.72. The van der Waals surface area contributed by atoms with Crippen molar-refractivity contribution in [3.8, 4) is 11.5 Å². The average molecular weight is 291 g/mol. The van der Waals surface area contributed by atoms with Crippen molar-refractivity contribution in [1.29, 1.82) is 0 Å². The van der Waals surface area contributed by atoms with Gasteiger partial charge in [-0.2, -0.15) is 0 Å². The molecule has 0 saturated carbocycles. The van der Waals surface area contributed by atoms with Crippen molar-refractivity contribution < 1.29 is 19.4 Å². The predicted molar refractivity (Wildman–Crippen MR) is 73.6 cm³/mol. The van der Waals surface area contributed by atoms with Crippen molar-refractivity contribution in [2.75, 3.05) is 6.54 Å². The van der Waals surface area contributed by atoms with E-state index in [0.29, 0.717) is 36.1 Å². The summed E-state index contributed by atoms with van der Waals surface area (Å²) in [5.41, 5.74) is 0.0766. The minimum absolute atomic E-state index is 0.207. The molecule has 3 rings (SSSR count). The van der Waals surface area contributed by atoms with Crippen molar-refractivity contribution in [1.82, 2.24) is 14.5 Å². The number of amides is 1. The Bertz CT molecular complexity index is 667. The van der Waals surface area contributed by atoms with Crippen LogP contribution in [-0.2, 0) is 18.7 Å². The van der Waals surface area contributed by atoms with Gasteiger partial charge in [0, 0.05) is 13.1 Å². The molecule has 0 aromatic carbocycles. The lowest BCUT2D eigenvalue weighted by Crippen LogP contribution is -2.37. The maximum Gasteiger partial charge on any atom is 0.407 e. The normalized spacial score (nSPS) is 15.1. The summed E-state index contributed by atoms with van der Waals surface area (Å²) in [6.07, 6.45) is 0.601. The molecular weight excluding hydrogens is 274 g/mol. The molecule has 2 N–H and O–H groups in total. The highest BCUT2D eigenvalue weighted by atomic mass is 16.4. The van der Waals surface area contributed by atoms with Gasteiger partial charge in [-0.05, 0) is 26.0 Å². The van der Waals surface area contributed by atoms with Gasteiger partial charge >= 0.3 is 6.09 Å². The van der Waals surface area contributed by atoms with Gasteiger partial charge in [-0.25, -0.2) is 9.78 Å². The number of fused-ring (bicyclic) bond motifs is 1. The van der Waals surface area contributed by atoms with E-state index in [4.69, 9.17) is 9.52 Å². The molecule has 21 heavy (non-hydrogen) atoms. The minimum Gasteiger partial charge on any atom is -0.465 e. The van der Waals surface area contributed by atoms with E-state index in [-0.39, 0.29) is 6.54 Å². The van der Waals surface area contributed by atoms with E-state index in [1.807, 2.05) is 10.6 Å². The monoisotopic (exact) mass is 291 g/mol. The summed E-state index contributed by atoms with van der Waals surface area (Å²) in [6, 6.07) is 3.58. The second kappa shape index (κ2) is 4.63. The van der Waals surface area contributed by atoms with E-state index in [0.717, 1.165) is 0 Å². The molecule has 1 aliphatic rings. The quantitative estimate of drug-likeness (QED) is 0.881. The molecule has 1 aliphatic heterocycles. The molecule has 7 nitrogen and oxygen atoms in total. The number of hydrogen-bond acceptors (Lipinski definition) is 4. The number of furan rings is 1. The van der Waals surface area contributed by atoms with Gasteiger partial charge in [-0.1, -0.05) is 0 Å². The fourth-order valence-electron chi connectivity index (χ4n) is 2.58. The maximum absolute atomic E-state index is 11.1. The fourth-order valence-corrected chi connectivity index (χ4v) is 2.58. The highest BCUT2D eigenvalue weighted by molar-refractivity contribution is 5.65. The van der Waals surface area contributed by atoms with Gasteiger partial charge in [-0.3, -0.25) is 4.90 Å². The second-order valence-electron chi connectivity index (χ2n) is 5.62. The molecule has 0 radical (unpaired) electrons. The van der Waals surface area contributed by atoms with E-state index in [1.165, 1.54) is 4.90 Å². The van der Waals surface area contributed by atoms with Crippen molar-refractivity contribution in [2.24, 2.45) is 0 Å². The Balaban J connectivity index is 2.13. The zero-order valence-corrected chi connectivity index (χ0v) is 11.9. The van der Waals surface area contributed by atoms with Crippen LogP contribution in [0.4, 0.5) is 4.79 Å². The number of carbonyl (C=O) groups is 1.